The number of rotatable bonds is 4. The van der Waals surface area contributed by atoms with Crippen molar-refractivity contribution in [1.82, 2.24) is 19.6 Å². The molecular formula is C21H19ClN4O3. The molecule has 29 heavy (non-hydrogen) atoms. The Balaban J connectivity index is 1.71. The molecule has 3 amide bonds. The predicted octanol–water partition coefficient (Wildman–Crippen LogP) is 3.01. The average molecular weight is 411 g/mol. The minimum Gasteiger partial charge on any atom is -0.319 e. The number of aromatic nitrogens is 2. The standard InChI is InChI=1S/C21H19ClN4O3/c1-3-21(14-6-8-15(22)9-7-14)19(28)26(20(29)24-21)12-16-11-17(27)25-10-4-5-13(2)18(25)23-16/h4-11H,3,12H2,1-2H3,(H,24,29). The zero-order valence-corrected chi connectivity index (χ0v) is 16.7. The zero-order chi connectivity index (χ0) is 20.8. The van der Waals surface area contributed by atoms with Crippen molar-refractivity contribution in [3.63, 3.8) is 0 Å². The van der Waals surface area contributed by atoms with Crippen molar-refractivity contribution in [2.24, 2.45) is 0 Å². The Kier molecular flexibility index (Phi) is 4.62. The van der Waals surface area contributed by atoms with Gasteiger partial charge >= 0.3 is 6.03 Å². The fraction of sp³-hybridized carbons (Fsp3) is 0.238. The monoisotopic (exact) mass is 410 g/mol. The first kappa shape index (κ1) is 19.1. The Labute approximate surface area is 171 Å². The maximum Gasteiger partial charge on any atom is 0.325 e. The lowest BCUT2D eigenvalue weighted by Gasteiger charge is -2.25. The highest BCUT2D eigenvalue weighted by Gasteiger charge is 2.51. The van der Waals surface area contributed by atoms with Gasteiger partial charge in [0.25, 0.3) is 11.5 Å². The molecule has 0 radical (unpaired) electrons. The molecule has 148 valence electrons. The van der Waals surface area contributed by atoms with Crippen LogP contribution in [0.1, 0.15) is 30.2 Å². The normalized spacial score (nSPS) is 19.1. The Morgan fingerprint density at radius 1 is 1.14 bits per heavy atom. The van der Waals surface area contributed by atoms with Crippen LogP contribution in [0.2, 0.25) is 5.02 Å². The van der Waals surface area contributed by atoms with Crippen LogP contribution in [0.4, 0.5) is 4.79 Å². The number of halogens is 1. The third kappa shape index (κ3) is 3.07. The number of urea groups is 1. The van der Waals surface area contributed by atoms with E-state index in [2.05, 4.69) is 10.3 Å². The van der Waals surface area contributed by atoms with Gasteiger partial charge in [0.1, 0.15) is 11.2 Å². The van der Waals surface area contributed by atoms with E-state index in [0.29, 0.717) is 28.3 Å². The molecule has 0 spiro atoms. The van der Waals surface area contributed by atoms with Crippen molar-refractivity contribution in [2.75, 3.05) is 0 Å². The topological polar surface area (TPSA) is 83.8 Å². The molecule has 2 aromatic heterocycles. The molecule has 8 heteroatoms. The molecule has 1 aliphatic rings. The molecule has 1 atom stereocenters. The number of pyridine rings is 1. The van der Waals surface area contributed by atoms with Crippen molar-refractivity contribution >= 4 is 29.2 Å². The second kappa shape index (κ2) is 7.00. The van der Waals surface area contributed by atoms with Gasteiger partial charge in [0.2, 0.25) is 0 Å². The van der Waals surface area contributed by atoms with Gasteiger partial charge < -0.3 is 5.32 Å². The molecule has 0 aliphatic carbocycles. The first-order valence-corrected chi connectivity index (χ1v) is 9.61. The van der Waals surface area contributed by atoms with Crippen molar-refractivity contribution in [3.8, 4) is 0 Å². The largest absolute Gasteiger partial charge is 0.325 e. The number of fused-ring (bicyclic) bond motifs is 1. The summed E-state index contributed by atoms with van der Waals surface area (Å²) in [5, 5.41) is 3.37. The lowest BCUT2D eigenvalue weighted by molar-refractivity contribution is -0.132. The van der Waals surface area contributed by atoms with Gasteiger partial charge in [-0.3, -0.25) is 18.9 Å². The van der Waals surface area contributed by atoms with Crippen LogP contribution in [0.15, 0.2) is 53.5 Å². The van der Waals surface area contributed by atoms with E-state index in [1.165, 1.54) is 10.5 Å². The van der Waals surface area contributed by atoms with Crippen LogP contribution in [-0.4, -0.2) is 26.2 Å². The van der Waals surface area contributed by atoms with Crippen LogP contribution in [0, 0.1) is 6.92 Å². The Morgan fingerprint density at radius 2 is 1.86 bits per heavy atom. The fourth-order valence-electron chi connectivity index (χ4n) is 3.70. The van der Waals surface area contributed by atoms with Gasteiger partial charge in [-0.1, -0.05) is 36.7 Å². The summed E-state index contributed by atoms with van der Waals surface area (Å²) in [7, 11) is 0. The molecule has 4 rings (SSSR count). The minimum atomic E-state index is -1.16. The van der Waals surface area contributed by atoms with E-state index >= 15 is 0 Å². The lowest BCUT2D eigenvalue weighted by Crippen LogP contribution is -2.43. The Morgan fingerprint density at radius 3 is 2.55 bits per heavy atom. The van der Waals surface area contributed by atoms with E-state index in [1.54, 1.807) is 36.5 Å². The van der Waals surface area contributed by atoms with E-state index in [-0.39, 0.29) is 18.0 Å². The van der Waals surface area contributed by atoms with Crippen molar-refractivity contribution in [2.45, 2.75) is 32.4 Å². The number of aryl methyl sites for hydroxylation is 1. The molecule has 3 aromatic rings. The van der Waals surface area contributed by atoms with Crippen LogP contribution in [0.3, 0.4) is 0 Å². The number of nitrogens with zero attached hydrogens (tertiary/aromatic N) is 3. The highest BCUT2D eigenvalue weighted by atomic mass is 35.5. The van der Waals surface area contributed by atoms with Crippen molar-refractivity contribution in [1.29, 1.82) is 0 Å². The molecule has 0 bridgehead atoms. The molecule has 7 nitrogen and oxygen atoms in total. The summed E-state index contributed by atoms with van der Waals surface area (Å²) in [5.41, 5.74) is 0.918. The summed E-state index contributed by atoms with van der Waals surface area (Å²) in [6, 6.07) is 11.3. The third-order valence-corrected chi connectivity index (χ3v) is 5.55. The molecule has 1 N–H and O–H groups in total. The van der Waals surface area contributed by atoms with Crippen LogP contribution in [0.5, 0.6) is 0 Å². The number of hydrogen-bond donors (Lipinski definition) is 1. The van der Waals surface area contributed by atoms with Gasteiger partial charge in [-0.05, 0) is 42.7 Å². The summed E-state index contributed by atoms with van der Waals surface area (Å²) < 4.78 is 1.44. The summed E-state index contributed by atoms with van der Waals surface area (Å²) in [5.74, 6) is -0.376. The number of amides is 3. The molecule has 1 fully saturated rings. The third-order valence-electron chi connectivity index (χ3n) is 5.30. The molecule has 0 saturated carbocycles. The number of nitrogens with one attached hydrogen (secondary N) is 1. The van der Waals surface area contributed by atoms with Gasteiger partial charge in [0, 0.05) is 17.3 Å². The van der Waals surface area contributed by atoms with Gasteiger partial charge in [-0.25, -0.2) is 9.78 Å². The number of benzene rings is 1. The number of hydrogen-bond acceptors (Lipinski definition) is 4. The van der Waals surface area contributed by atoms with E-state index in [1.807, 2.05) is 19.9 Å². The first-order chi connectivity index (χ1) is 13.9. The quantitative estimate of drug-likeness (QED) is 0.670. The molecule has 1 aromatic carbocycles. The Hall–Kier alpha value is -3.19. The first-order valence-electron chi connectivity index (χ1n) is 9.24. The molecule has 1 aliphatic heterocycles. The van der Waals surface area contributed by atoms with Crippen LogP contribution < -0.4 is 10.9 Å². The lowest BCUT2D eigenvalue weighted by atomic mass is 9.87. The number of carbonyl (C=O) groups excluding carboxylic acids is 2. The van der Waals surface area contributed by atoms with E-state index in [4.69, 9.17) is 11.6 Å². The van der Waals surface area contributed by atoms with Gasteiger partial charge in [0.15, 0.2) is 0 Å². The highest BCUT2D eigenvalue weighted by molar-refractivity contribution is 6.30. The van der Waals surface area contributed by atoms with Gasteiger partial charge in [0.05, 0.1) is 12.2 Å². The van der Waals surface area contributed by atoms with Crippen LogP contribution in [0.25, 0.3) is 5.65 Å². The van der Waals surface area contributed by atoms with Crippen molar-refractivity contribution in [3.05, 3.63) is 80.9 Å². The smallest absolute Gasteiger partial charge is 0.319 e. The number of imide groups is 1. The minimum absolute atomic E-state index is 0.0833. The SMILES string of the molecule is CCC1(c2ccc(Cl)cc2)NC(=O)N(Cc2cc(=O)n3cccc(C)c3n2)C1=O. The zero-order valence-electron chi connectivity index (χ0n) is 16.0. The average Bonchev–Trinajstić information content (AvgIpc) is 2.94. The maximum absolute atomic E-state index is 13.3. The fourth-order valence-corrected chi connectivity index (χ4v) is 3.82. The predicted molar refractivity (Wildman–Crippen MR) is 109 cm³/mol. The molecule has 1 saturated heterocycles. The van der Waals surface area contributed by atoms with Crippen molar-refractivity contribution < 1.29 is 9.59 Å². The second-order valence-corrected chi connectivity index (χ2v) is 7.49. The summed E-state index contributed by atoms with van der Waals surface area (Å²) >= 11 is 5.96. The summed E-state index contributed by atoms with van der Waals surface area (Å²) in [6.45, 7) is 3.60. The van der Waals surface area contributed by atoms with Gasteiger partial charge in [-0.2, -0.15) is 0 Å². The molecule has 1 unspecified atom stereocenters. The number of carbonyl (C=O) groups is 2. The van der Waals surface area contributed by atoms with E-state index in [9.17, 15) is 14.4 Å². The second-order valence-electron chi connectivity index (χ2n) is 7.06. The van der Waals surface area contributed by atoms with E-state index < -0.39 is 11.6 Å². The molecular weight excluding hydrogens is 392 g/mol. The summed E-state index contributed by atoms with van der Waals surface area (Å²) in [4.78, 5) is 44.0. The van der Waals surface area contributed by atoms with Gasteiger partial charge in [-0.15, -0.1) is 0 Å². The molecule has 3 heterocycles. The van der Waals surface area contributed by atoms with Crippen LogP contribution >= 0.6 is 11.6 Å². The Bertz CT molecular complexity index is 1190. The summed E-state index contributed by atoms with van der Waals surface area (Å²) in [6.07, 6.45) is 2.01. The van der Waals surface area contributed by atoms with E-state index in [0.717, 1.165) is 10.5 Å². The van der Waals surface area contributed by atoms with Crippen LogP contribution in [-0.2, 0) is 16.9 Å². The highest BCUT2D eigenvalue weighted by Crippen LogP contribution is 2.33. The maximum atomic E-state index is 13.3.